The van der Waals surface area contributed by atoms with Crippen molar-refractivity contribution in [2.75, 3.05) is 0 Å². The molecule has 0 amide bonds. The lowest BCUT2D eigenvalue weighted by molar-refractivity contribution is -0.742. The first-order valence-corrected chi connectivity index (χ1v) is 10.4. The highest BCUT2D eigenvalue weighted by atomic mass is 16.5. The summed E-state index contributed by atoms with van der Waals surface area (Å²) in [5.41, 5.74) is 7.27. The van der Waals surface area contributed by atoms with E-state index in [1.54, 1.807) is 0 Å². The number of nitrogens with zero attached hydrogens (tertiary/aromatic N) is 3. The van der Waals surface area contributed by atoms with Crippen LogP contribution in [0.1, 0.15) is 45.8 Å². The Kier molecular flexibility index (Phi) is 4.72. The van der Waals surface area contributed by atoms with Crippen LogP contribution in [0.4, 0.5) is 0 Å². The van der Waals surface area contributed by atoms with Crippen LogP contribution in [-0.4, -0.2) is 9.78 Å². The van der Waals surface area contributed by atoms with Crippen LogP contribution in [0.3, 0.4) is 0 Å². The highest BCUT2D eigenvalue weighted by Gasteiger charge is 2.39. The van der Waals surface area contributed by atoms with E-state index in [2.05, 4.69) is 98.4 Å². The summed E-state index contributed by atoms with van der Waals surface area (Å²) in [6.07, 6.45) is 2.07. The third-order valence-electron chi connectivity index (χ3n) is 5.87. The van der Waals surface area contributed by atoms with Gasteiger partial charge in [0.25, 0.3) is 0 Å². The molecule has 4 aromatic rings. The summed E-state index contributed by atoms with van der Waals surface area (Å²) in [7, 11) is 0. The van der Waals surface area contributed by atoms with Crippen LogP contribution in [0, 0.1) is 20.8 Å². The van der Waals surface area contributed by atoms with E-state index in [1.165, 1.54) is 27.8 Å². The maximum Gasteiger partial charge on any atom is 0.304 e. The predicted octanol–water partition coefficient (Wildman–Crippen LogP) is 4.95. The first-order valence-electron chi connectivity index (χ1n) is 10.4. The molecular formula is C26H26N3O+. The van der Waals surface area contributed by atoms with Gasteiger partial charge in [0.05, 0.1) is 0 Å². The van der Waals surface area contributed by atoms with Crippen molar-refractivity contribution in [3.63, 3.8) is 0 Å². The van der Waals surface area contributed by atoms with Gasteiger partial charge in [0.1, 0.15) is 24.4 Å². The highest BCUT2D eigenvalue weighted by molar-refractivity contribution is 5.48. The van der Waals surface area contributed by atoms with Gasteiger partial charge in [0, 0.05) is 5.10 Å². The third kappa shape index (κ3) is 3.23. The standard InChI is InChI=1S/C26H26N3O/c1-18-14-19(2)24(20(3)15-18)29-17-28-23(27-29)16-30-26(22-12-8-5-9-13-22)25(28)21-10-6-4-7-11-21/h4-15,17,25-26H,16H2,1-3H3/q+1. The van der Waals surface area contributed by atoms with Crippen molar-refractivity contribution < 1.29 is 9.30 Å². The van der Waals surface area contributed by atoms with Crippen molar-refractivity contribution in [3.05, 3.63) is 113 Å². The van der Waals surface area contributed by atoms with Crippen molar-refractivity contribution in [2.24, 2.45) is 0 Å². The number of hydrogen-bond donors (Lipinski definition) is 0. The minimum atomic E-state index is -0.0658. The molecule has 4 nitrogen and oxygen atoms in total. The molecule has 3 aromatic carbocycles. The first-order chi connectivity index (χ1) is 14.6. The molecule has 0 N–H and O–H groups in total. The average molecular weight is 397 g/mol. The van der Waals surface area contributed by atoms with Gasteiger partial charge in [-0.3, -0.25) is 0 Å². The number of rotatable bonds is 3. The van der Waals surface area contributed by atoms with E-state index in [9.17, 15) is 0 Å². The van der Waals surface area contributed by atoms with Crippen LogP contribution in [0.25, 0.3) is 5.69 Å². The topological polar surface area (TPSA) is 30.9 Å². The summed E-state index contributed by atoms with van der Waals surface area (Å²) < 4.78 is 10.7. The molecule has 0 saturated carbocycles. The van der Waals surface area contributed by atoms with Crippen molar-refractivity contribution >= 4 is 0 Å². The molecule has 2 atom stereocenters. The van der Waals surface area contributed by atoms with Crippen molar-refractivity contribution in [2.45, 2.75) is 39.5 Å². The second-order valence-electron chi connectivity index (χ2n) is 8.13. The SMILES string of the molecule is Cc1cc(C)c(-n2c[n+]3c(n2)COC(c2ccccc2)C3c2ccccc2)c(C)c1. The van der Waals surface area contributed by atoms with E-state index >= 15 is 0 Å². The Morgan fingerprint density at radius 1 is 0.867 bits per heavy atom. The maximum atomic E-state index is 6.39. The molecule has 0 saturated heterocycles. The number of benzene rings is 3. The largest absolute Gasteiger partial charge is 0.358 e. The molecule has 0 radical (unpaired) electrons. The number of hydrogen-bond acceptors (Lipinski definition) is 2. The lowest BCUT2D eigenvalue weighted by Crippen LogP contribution is -2.49. The van der Waals surface area contributed by atoms with E-state index in [1.807, 2.05) is 10.7 Å². The Balaban J connectivity index is 1.66. The second-order valence-corrected chi connectivity index (χ2v) is 8.13. The molecule has 1 aliphatic heterocycles. The fourth-order valence-corrected chi connectivity index (χ4v) is 4.67. The van der Waals surface area contributed by atoms with Crippen LogP contribution in [0.15, 0.2) is 79.1 Å². The fraction of sp³-hybridized carbons (Fsp3) is 0.231. The van der Waals surface area contributed by atoms with Crippen molar-refractivity contribution in [1.82, 2.24) is 9.78 Å². The molecule has 0 bridgehead atoms. The summed E-state index contributed by atoms with van der Waals surface area (Å²) in [4.78, 5) is 0. The van der Waals surface area contributed by atoms with E-state index in [4.69, 9.17) is 9.84 Å². The summed E-state index contributed by atoms with van der Waals surface area (Å²) >= 11 is 0. The molecule has 0 aliphatic carbocycles. The van der Waals surface area contributed by atoms with Crippen LogP contribution in [0.2, 0.25) is 0 Å². The van der Waals surface area contributed by atoms with Gasteiger partial charge in [-0.2, -0.15) is 0 Å². The Morgan fingerprint density at radius 2 is 1.47 bits per heavy atom. The van der Waals surface area contributed by atoms with Crippen LogP contribution >= 0.6 is 0 Å². The van der Waals surface area contributed by atoms with Gasteiger partial charge in [0.2, 0.25) is 6.33 Å². The minimum Gasteiger partial charge on any atom is -0.358 e. The van der Waals surface area contributed by atoms with E-state index in [0.29, 0.717) is 6.61 Å². The number of aryl methyl sites for hydroxylation is 3. The lowest BCUT2D eigenvalue weighted by atomic mass is 9.94. The highest BCUT2D eigenvalue weighted by Crippen LogP contribution is 2.35. The Bertz CT molecular complexity index is 1160. The van der Waals surface area contributed by atoms with E-state index < -0.39 is 0 Å². The Hall–Kier alpha value is -3.24. The van der Waals surface area contributed by atoms with Crippen molar-refractivity contribution in [3.8, 4) is 5.69 Å². The predicted molar refractivity (Wildman–Crippen MR) is 117 cm³/mol. The smallest absolute Gasteiger partial charge is 0.304 e. The zero-order valence-electron chi connectivity index (χ0n) is 17.6. The normalized spacial score (nSPS) is 18.2. The molecule has 2 unspecified atom stereocenters. The Morgan fingerprint density at radius 3 is 2.10 bits per heavy atom. The molecule has 1 aliphatic rings. The molecular weight excluding hydrogens is 370 g/mol. The number of aromatic nitrogens is 3. The second kappa shape index (κ2) is 7.54. The molecule has 0 spiro atoms. The monoisotopic (exact) mass is 396 g/mol. The van der Waals surface area contributed by atoms with Gasteiger partial charge in [-0.05, 0) is 43.0 Å². The third-order valence-corrected chi connectivity index (χ3v) is 5.87. The average Bonchev–Trinajstić information content (AvgIpc) is 3.17. The summed E-state index contributed by atoms with van der Waals surface area (Å²) in [6.45, 7) is 6.92. The molecule has 2 heterocycles. The summed E-state index contributed by atoms with van der Waals surface area (Å²) in [5, 5.41) is 4.93. The van der Waals surface area contributed by atoms with Gasteiger partial charge < -0.3 is 4.74 Å². The van der Waals surface area contributed by atoms with Crippen LogP contribution in [0.5, 0.6) is 0 Å². The first kappa shape index (κ1) is 18.8. The Labute approximate surface area is 177 Å². The fourth-order valence-electron chi connectivity index (χ4n) is 4.67. The number of ether oxygens (including phenoxy) is 1. The molecule has 1 aromatic heterocycles. The summed E-state index contributed by atoms with van der Waals surface area (Å²) in [6, 6.07) is 25.5. The minimum absolute atomic E-state index is 0.0251. The zero-order chi connectivity index (χ0) is 20.7. The van der Waals surface area contributed by atoms with Gasteiger partial charge in [-0.15, -0.1) is 0 Å². The zero-order valence-corrected chi connectivity index (χ0v) is 17.6. The van der Waals surface area contributed by atoms with Gasteiger partial charge >= 0.3 is 5.82 Å². The van der Waals surface area contributed by atoms with Crippen LogP contribution < -0.4 is 4.57 Å². The summed E-state index contributed by atoms with van der Waals surface area (Å²) in [5.74, 6) is 0.940. The maximum absolute atomic E-state index is 6.39. The van der Waals surface area contributed by atoms with Crippen molar-refractivity contribution in [1.29, 1.82) is 0 Å². The van der Waals surface area contributed by atoms with Crippen LogP contribution in [-0.2, 0) is 11.3 Å². The molecule has 30 heavy (non-hydrogen) atoms. The number of fused-ring (bicyclic) bond motifs is 1. The van der Waals surface area contributed by atoms with Gasteiger partial charge in [-0.1, -0.05) is 83.0 Å². The molecule has 4 heteroatoms. The molecule has 5 rings (SSSR count). The molecule has 150 valence electrons. The lowest BCUT2D eigenvalue weighted by Gasteiger charge is -2.30. The van der Waals surface area contributed by atoms with Gasteiger partial charge in [-0.25, -0.2) is 4.57 Å². The molecule has 0 fully saturated rings. The van der Waals surface area contributed by atoms with Gasteiger partial charge in [0.15, 0.2) is 0 Å². The quantitative estimate of drug-likeness (QED) is 0.459. The van der Waals surface area contributed by atoms with E-state index in [-0.39, 0.29) is 12.1 Å². The van der Waals surface area contributed by atoms with E-state index in [0.717, 1.165) is 11.5 Å².